The zero-order valence-electron chi connectivity index (χ0n) is 14.5. The molecule has 1 aliphatic heterocycles. The maximum absolute atomic E-state index is 5.55. The third kappa shape index (κ3) is 2.62. The van der Waals surface area contributed by atoms with Crippen LogP contribution in [0.15, 0.2) is 34.7 Å². The van der Waals surface area contributed by atoms with E-state index in [0.717, 1.165) is 40.7 Å². The average Bonchev–Trinajstić information content (AvgIpc) is 3.24. The summed E-state index contributed by atoms with van der Waals surface area (Å²) in [6.45, 7) is 4.17. The van der Waals surface area contributed by atoms with Gasteiger partial charge in [-0.2, -0.15) is 0 Å². The molecule has 0 saturated heterocycles. The van der Waals surface area contributed by atoms with Gasteiger partial charge >= 0.3 is 0 Å². The van der Waals surface area contributed by atoms with Crippen molar-refractivity contribution in [2.75, 3.05) is 7.11 Å². The van der Waals surface area contributed by atoms with Gasteiger partial charge in [-0.3, -0.25) is 0 Å². The van der Waals surface area contributed by atoms with Crippen molar-refractivity contribution in [3.8, 4) is 0 Å². The van der Waals surface area contributed by atoms with Crippen molar-refractivity contribution in [3.05, 3.63) is 63.6 Å². The second kappa shape index (κ2) is 5.86. The number of nitrogens with one attached hydrogen (secondary N) is 2. The molecule has 2 aromatic heterocycles. The van der Waals surface area contributed by atoms with Crippen LogP contribution in [0.2, 0.25) is 0 Å². The fourth-order valence-electron chi connectivity index (χ4n) is 3.60. The highest BCUT2D eigenvalue weighted by molar-refractivity contribution is 6.11. The molecule has 4 rings (SSSR count). The Morgan fingerprint density at radius 2 is 1.96 bits per heavy atom. The predicted molar refractivity (Wildman–Crippen MR) is 97.3 cm³/mol. The third-order valence-electron chi connectivity index (χ3n) is 4.84. The minimum Gasteiger partial charge on any atom is -0.494 e. The molecule has 0 amide bonds. The molecule has 4 heteroatoms. The summed E-state index contributed by atoms with van der Waals surface area (Å²) in [5.74, 6) is 0.809. The molecule has 4 nitrogen and oxygen atoms in total. The normalized spacial score (nSPS) is 18.5. The molecule has 1 aliphatic carbocycles. The average molecular weight is 321 g/mol. The van der Waals surface area contributed by atoms with Crippen molar-refractivity contribution in [2.45, 2.75) is 39.5 Å². The molecule has 2 aliphatic rings. The third-order valence-corrected chi connectivity index (χ3v) is 4.84. The maximum atomic E-state index is 5.55. The lowest BCUT2D eigenvalue weighted by Crippen LogP contribution is -2.00. The molecule has 124 valence electrons. The summed E-state index contributed by atoms with van der Waals surface area (Å²) in [5.41, 5.74) is 9.19. The lowest BCUT2D eigenvalue weighted by atomic mass is 9.98. The summed E-state index contributed by atoms with van der Waals surface area (Å²) in [4.78, 5) is 11.7. The zero-order valence-corrected chi connectivity index (χ0v) is 14.5. The van der Waals surface area contributed by atoms with Crippen LogP contribution in [0.3, 0.4) is 0 Å². The van der Waals surface area contributed by atoms with Gasteiger partial charge in [0.1, 0.15) is 11.5 Å². The van der Waals surface area contributed by atoms with Gasteiger partial charge in [-0.25, -0.2) is 4.99 Å². The highest BCUT2D eigenvalue weighted by Crippen LogP contribution is 2.28. The van der Waals surface area contributed by atoms with Crippen molar-refractivity contribution in [1.82, 2.24) is 9.97 Å². The van der Waals surface area contributed by atoms with E-state index in [1.807, 2.05) is 6.08 Å². The summed E-state index contributed by atoms with van der Waals surface area (Å²) in [6.07, 6.45) is 8.96. The Kier molecular flexibility index (Phi) is 3.68. The largest absolute Gasteiger partial charge is 0.494 e. The van der Waals surface area contributed by atoms with E-state index < -0.39 is 0 Å². The molecular weight excluding hydrogens is 298 g/mol. The van der Waals surface area contributed by atoms with E-state index in [4.69, 9.17) is 9.73 Å². The van der Waals surface area contributed by atoms with Crippen molar-refractivity contribution in [2.24, 2.45) is 4.99 Å². The first kappa shape index (κ1) is 15.1. The Labute approximate surface area is 142 Å². The van der Waals surface area contributed by atoms with E-state index in [-0.39, 0.29) is 0 Å². The monoisotopic (exact) mass is 321 g/mol. The molecule has 3 heterocycles. The van der Waals surface area contributed by atoms with E-state index in [0.29, 0.717) is 0 Å². The quantitative estimate of drug-likeness (QED) is 0.874. The number of hydrogen-bond acceptors (Lipinski definition) is 2. The predicted octanol–water partition coefficient (Wildman–Crippen LogP) is 4.21. The number of rotatable bonds is 3. The number of allylic oxidation sites excluding steroid dienone is 1. The second-order valence-corrected chi connectivity index (χ2v) is 6.68. The van der Waals surface area contributed by atoms with Crippen molar-refractivity contribution in [3.63, 3.8) is 0 Å². The summed E-state index contributed by atoms with van der Waals surface area (Å²) in [6, 6.07) is 4.39. The Morgan fingerprint density at radius 3 is 2.67 bits per heavy atom. The van der Waals surface area contributed by atoms with Crippen molar-refractivity contribution in [1.29, 1.82) is 0 Å². The smallest absolute Gasteiger partial charge is 0.146 e. The summed E-state index contributed by atoms with van der Waals surface area (Å²) < 4.78 is 5.55. The fourth-order valence-corrected chi connectivity index (χ4v) is 3.60. The van der Waals surface area contributed by atoms with Crippen LogP contribution in [0.4, 0.5) is 0 Å². The van der Waals surface area contributed by atoms with Gasteiger partial charge in [0.25, 0.3) is 0 Å². The molecule has 2 N–H and O–H groups in total. The van der Waals surface area contributed by atoms with E-state index in [9.17, 15) is 0 Å². The summed E-state index contributed by atoms with van der Waals surface area (Å²) in [5, 5.41) is 0. The molecule has 0 spiro atoms. The number of hydrogen-bond donors (Lipinski definition) is 2. The summed E-state index contributed by atoms with van der Waals surface area (Å²) in [7, 11) is 1.70. The lowest BCUT2D eigenvalue weighted by Gasteiger charge is -2.08. The van der Waals surface area contributed by atoms with Gasteiger partial charge in [0.15, 0.2) is 0 Å². The topological polar surface area (TPSA) is 53.2 Å². The minimum absolute atomic E-state index is 0.809. The van der Waals surface area contributed by atoms with E-state index in [2.05, 4.69) is 42.0 Å². The molecular formula is C20H23N3O. The van der Waals surface area contributed by atoms with Crippen LogP contribution >= 0.6 is 0 Å². The molecule has 0 radical (unpaired) electrons. The maximum Gasteiger partial charge on any atom is 0.146 e. The van der Waals surface area contributed by atoms with Crippen LogP contribution < -0.4 is 0 Å². The fraction of sp³-hybridized carbons (Fsp3) is 0.350. The Hall–Kier alpha value is -2.49. The highest BCUT2D eigenvalue weighted by Gasteiger charge is 2.20. The first-order chi connectivity index (χ1) is 11.6. The number of aliphatic imine (C=N–C) groups is 1. The van der Waals surface area contributed by atoms with E-state index >= 15 is 0 Å². The number of aromatic amines is 2. The Bertz CT molecular complexity index is 853. The number of H-pyrrole nitrogens is 2. The van der Waals surface area contributed by atoms with Gasteiger partial charge in [0, 0.05) is 23.2 Å². The van der Waals surface area contributed by atoms with Crippen molar-refractivity contribution >= 4 is 11.8 Å². The lowest BCUT2D eigenvalue weighted by molar-refractivity contribution is 0.303. The molecule has 2 aromatic rings. The SMILES string of the molecule is COC1=CC(c2cc3c([nH]2)CCCC3)=N/C1=C\c1[nH]c(C)cc1C. The van der Waals surface area contributed by atoms with Gasteiger partial charge in [-0.1, -0.05) is 0 Å². The van der Waals surface area contributed by atoms with Crippen LogP contribution in [-0.2, 0) is 17.6 Å². The van der Waals surface area contributed by atoms with Gasteiger partial charge < -0.3 is 14.7 Å². The molecule has 0 bridgehead atoms. The van der Waals surface area contributed by atoms with E-state index in [1.165, 1.54) is 36.1 Å². The number of methoxy groups -OCH3 is 1. The number of ether oxygens (including phenoxy) is 1. The Balaban J connectivity index is 1.71. The van der Waals surface area contributed by atoms with Crippen LogP contribution in [0.5, 0.6) is 0 Å². The summed E-state index contributed by atoms with van der Waals surface area (Å²) >= 11 is 0. The minimum atomic E-state index is 0.809. The van der Waals surface area contributed by atoms with Gasteiger partial charge in [-0.15, -0.1) is 0 Å². The zero-order chi connectivity index (χ0) is 16.7. The molecule has 0 saturated carbocycles. The van der Waals surface area contributed by atoms with Gasteiger partial charge in [0.2, 0.25) is 0 Å². The standard InChI is InChI=1S/C20H23N3O/c1-12-8-13(2)21-16(12)10-19-20(24-3)11-18(23-19)17-9-14-6-4-5-7-15(14)22-17/h8-11,21-22H,4-7H2,1-3H3/b19-10-. The van der Waals surface area contributed by atoms with Gasteiger partial charge in [-0.05, 0) is 68.9 Å². The molecule has 0 unspecified atom stereocenters. The van der Waals surface area contributed by atoms with Crippen LogP contribution in [0, 0.1) is 13.8 Å². The van der Waals surface area contributed by atoms with Crippen LogP contribution in [0.25, 0.3) is 6.08 Å². The molecule has 0 atom stereocenters. The second-order valence-electron chi connectivity index (χ2n) is 6.68. The molecule has 0 aromatic carbocycles. The van der Waals surface area contributed by atoms with Crippen LogP contribution in [-0.4, -0.2) is 22.8 Å². The van der Waals surface area contributed by atoms with Gasteiger partial charge in [0.05, 0.1) is 18.5 Å². The number of fused-ring (bicyclic) bond motifs is 1. The molecule has 0 fully saturated rings. The van der Waals surface area contributed by atoms with E-state index in [1.54, 1.807) is 7.11 Å². The highest BCUT2D eigenvalue weighted by atomic mass is 16.5. The molecule has 24 heavy (non-hydrogen) atoms. The van der Waals surface area contributed by atoms with Crippen molar-refractivity contribution < 1.29 is 4.74 Å². The first-order valence-corrected chi connectivity index (χ1v) is 8.58. The first-order valence-electron chi connectivity index (χ1n) is 8.58. The number of aromatic nitrogens is 2. The number of nitrogens with zero attached hydrogens (tertiary/aromatic N) is 1. The Morgan fingerprint density at radius 1 is 1.12 bits per heavy atom. The number of aryl methyl sites for hydroxylation is 4. The van der Waals surface area contributed by atoms with Crippen LogP contribution in [0.1, 0.15) is 46.7 Å².